The molecule has 0 aliphatic rings. The number of aldehydes is 1. The molecule has 1 aromatic carbocycles. The smallest absolute Gasteiger partial charge is 0.345 e. The van der Waals surface area contributed by atoms with Gasteiger partial charge in [-0.3, -0.25) is 4.79 Å². The predicted octanol–water partition coefficient (Wildman–Crippen LogP) is 5.27. The molecule has 0 saturated carbocycles. The van der Waals surface area contributed by atoms with Gasteiger partial charge in [-0.25, -0.2) is 4.79 Å². The Morgan fingerprint density at radius 3 is 2.17 bits per heavy atom. The number of aryl methyl sites for hydroxylation is 2. The molecule has 5 heteroatoms. The van der Waals surface area contributed by atoms with E-state index in [0.717, 1.165) is 38.3 Å². The van der Waals surface area contributed by atoms with E-state index in [0.29, 0.717) is 9.75 Å². The number of hydrogen-bond acceptors (Lipinski definition) is 4. The summed E-state index contributed by atoms with van der Waals surface area (Å²) in [7, 11) is 0. The Bertz CT molecular complexity index is 880. The van der Waals surface area contributed by atoms with Crippen LogP contribution < -0.4 is 0 Å². The van der Waals surface area contributed by atoms with Crippen LogP contribution in [0.5, 0.6) is 0 Å². The number of hydrogen-bond donors (Lipinski definition) is 1. The molecule has 0 fully saturated rings. The Morgan fingerprint density at radius 2 is 1.65 bits per heavy atom. The van der Waals surface area contributed by atoms with Crippen molar-refractivity contribution in [3.05, 3.63) is 57.3 Å². The van der Waals surface area contributed by atoms with Gasteiger partial charge in [-0.2, -0.15) is 0 Å². The van der Waals surface area contributed by atoms with Gasteiger partial charge >= 0.3 is 5.97 Å². The van der Waals surface area contributed by atoms with Crippen LogP contribution in [0.3, 0.4) is 0 Å². The van der Waals surface area contributed by atoms with Gasteiger partial charge in [0.05, 0.1) is 4.88 Å². The molecule has 0 atom stereocenters. The second-order valence-electron chi connectivity index (χ2n) is 5.27. The van der Waals surface area contributed by atoms with Crippen molar-refractivity contribution in [3.8, 4) is 20.9 Å². The van der Waals surface area contributed by atoms with Crippen LogP contribution in [-0.2, 0) is 0 Å². The summed E-state index contributed by atoms with van der Waals surface area (Å²) in [5.41, 5.74) is 4.39. The quantitative estimate of drug-likeness (QED) is 0.657. The lowest BCUT2D eigenvalue weighted by molar-refractivity contribution is 0.0702. The summed E-state index contributed by atoms with van der Waals surface area (Å²) in [6, 6.07) is 11.4. The van der Waals surface area contributed by atoms with Crippen LogP contribution in [0.25, 0.3) is 20.9 Å². The lowest BCUT2D eigenvalue weighted by Gasteiger charge is -2.10. The van der Waals surface area contributed by atoms with Crippen LogP contribution in [0.1, 0.15) is 30.5 Å². The molecule has 0 saturated heterocycles. The van der Waals surface area contributed by atoms with Crippen LogP contribution in [0.2, 0.25) is 0 Å². The Hall–Kier alpha value is -2.24. The first-order valence-corrected chi connectivity index (χ1v) is 8.63. The molecule has 0 bridgehead atoms. The molecule has 0 spiro atoms. The number of benzene rings is 1. The zero-order valence-electron chi connectivity index (χ0n) is 12.6. The summed E-state index contributed by atoms with van der Waals surface area (Å²) in [4.78, 5) is 25.0. The van der Waals surface area contributed by atoms with Crippen LogP contribution in [-0.4, -0.2) is 17.4 Å². The summed E-state index contributed by atoms with van der Waals surface area (Å²) < 4.78 is 0. The van der Waals surface area contributed by atoms with Crippen molar-refractivity contribution in [2.45, 2.75) is 13.8 Å². The molecule has 0 radical (unpaired) electrons. The number of carboxylic acids is 1. The molecule has 0 unspecified atom stereocenters. The lowest BCUT2D eigenvalue weighted by atomic mass is 9.97. The average Bonchev–Trinajstić information content (AvgIpc) is 3.16. The third-order valence-corrected chi connectivity index (χ3v) is 5.77. The SMILES string of the molecule is Cc1cc(-c2ccc(C(=O)O)s2)cc(C)c1-c1ccc(C=O)s1. The molecule has 1 N–H and O–H groups in total. The lowest BCUT2D eigenvalue weighted by Crippen LogP contribution is -1.89. The Balaban J connectivity index is 2.05. The molecule has 3 rings (SSSR count). The minimum absolute atomic E-state index is 0.341. The maximum absolute atomic E-state index is 11.0. The highest BCUT2D eigenvalue weighted by atomic mass is 32.1. The van der Waals surface area contributed by atoms with Gasteiger partial charge in [0.1, 0.15) is 4.88 Å². The third-order valence-electron chi connectivity index (χ3n) is 3.62. The van der Waals surface area contributed by atoms with Crippen molar-refractivity contribution in [2.24, 2.45) is 0 Å². The van der Waals surface area contributed by atoms with Gasteiger partial charge in [-0.05, 0) is 72.5 Å². The monoisotopic (exact) mass is 342 g/mol. The molecule has 2 aromatic heterocycles. The second kappa shape index (κ2) is 6.10. The topological polar surface area (TPSA) is 54.4 Å². The van der Waals surface area contributed by atoms with E-state index in [4.69, 9.17) is 5.11 Å². The normalized spacial score (nSPS) is 10.7. The number of aromatic carboxylic acids is 1. The fourth-order valence-corrected chi connectivity index (χ4v) is 4.48. The van der Waals surface area contributed by atoms with E-state index in [1.54, 1.807) is 6.07 Å². The highest BCUT2D eigenvalue weighted by Crippen LogP contribution is 2.37. The second-order valence-corrected chi connectivity index (χ2v) is 7.47. The largest absolute Gasteiger partial charge is 0.477 e. The first kappa shape index (κ1) is 15.6. The fraction of sp³-hybridized carbons (Fsp3) is 0.111. The van der Waals surface area contributed by atoms with Crippen LogP contribution in [0.4, 0.5) is 0 Å². The van der Waals surface area contributed by atoms with Gasteiger partial charge in [0, 0.05) is 9.75 Å². The van der Waals surface area contributed by atoms with Crippen molar-refractivity contribution < 1.29 is 14.7 Å². The van der Waals surface area contributed by atoms with E-state index >= 15 is 0 Å². The van der Waals surface area contributed by atoms with Gasteiger partial charge < -0.3 is 5.11 Å². The molecule has 0 aliphatic heterocycles. The highest BCUT2D eigenvalue weighted by molar-refractivity contribution is 7.17. The van der Waals surface area contributed by atoms with Gasteiger partial charge in [0.2, 0.25) is 0 Å². The van der Waals surface area contributed by atoms with Gasteiger partial charge in [-0.1, -0.05) is 0 Å². The van der Waals surface area contributed by atoms with Crippen LogP contribution in [0, 0.1) is 13.8 Å². The molecular formula is C18H14O3S2. The fourth-order valence-electron chi connectivity index (χ4n) is 2.65. The Kier molecular flexibility index (Phi) is 4.15. The first-order valence-electron chi connectivity index (χ1n) is 6.99. The summed E-state index contributed by atoms with van der Waals surface area (Å²) in [6.07, 6.45) is 0.867. The van der Waals surface area contributed by atoms with Gasteiger partial charge in [-0.15, -0.1) is 22.7 Å². The molecule has 3 nitrogen and oxygen atoms in total. The standard InChI is InChI=1S/C18H14O3S2/c1-10-7-12(14-5-6-16(23-14)18(20)21)8-11(2)17(10)15-4-3-13(9-19)22-15/h3-9H,1-2H3,(H,20,21). The maximum Gasteiger partial charge on any atom is 0.345 e. The summed E-state index contributed by atoms with van der Waals surface area (Å²) in [5.74, 6) is -0.897. The van der Waals surface area contributed by atoms with Gasteiger partial charge in [0.25, 0.3) is 0 Å². The van der Waals surface area contributed by atoms with Crippen molar-refractivity contribution in [3.63, 3.8) is 0 Å². The van der Waals surface area contributed by atoms with Crippen molar-refractivity contribution in [1.29, 1.82) is 0 Å². The molecule has 2 heterocycles. The first-order chi connectivity index (χ1) is 11.0. The minimum Gasteiger partial charge on any atom is -0.477 e. The zero-order chi connectivity index (χ0) is 16.6. The zero-order valence-corrected chi connectivity index (χ0v) is 14.3. The van der Waals surface area contributed by atoms with Crippen molar-refractivity contribution in [2.75, 3.05) is 0 Å². The number of rotatable bonds is 4. The maximum atomic E-state index is 11.0. The Morgan fingerprint density at radius 1 is 1.00 bits per heavy atom. The molecule has 116 valence electrons. The Labute approximate surface area is 141 Å². The molecule has 23 heavy (non-hydrogen) atoms. The van der Waals surface area contributed by atoms with E-state index < -0.39 is 5.97 Å². The summed E-state index contributed by atoms with van der Waals surface area (Å²) >= 11 is 2.76. The average molecular weight is 342 g/mol. The van der Waals surface area contributed by atoms with Crippen LogP contribution in [0.15, 0.2) is 36.4 Å². The summed E-state index contributed by atoms with van der Waals surface area (Å²) in [5, 5.41) is 9.06. The number of thiophene rings is 2. The van der Waals surface area contributed by atoms with Gasteiger partial charge in [0.15, 0.2) is 6.29 Å². The minimum atomic E-state index is -0.897. The van der Waals surface area contributed by atoms with Crippen molar-refractivity contribution >= 4 is 34.9 Å². The third kappa shape index (κ3) is 2.98. The van der Waals surface area contributed by atoms with E-state index in [1.807, 2.05) is 32.0 Å². The summed E-state index contributed by atoms with van der Waals surface area (Å²) in [6.45, 7) is 4.08. The number of carbonyl (C=O) groups is 2. The van der Waals surface area contributed by atoms with E-state index in [-0.39, 0.29) is 0 Å². The van der Waals surface area contributed by atoms with Crippen LogP contribution >= 0.6 is 22.7 Å². The van der Waals surface area contributed by atoms with Crippen molar-refractivity contribution in [1.82, 2.24) is 0 Å². The highest BCUT2D eigenvalue weighted by Gasteiger charge is 2.13. The molecule has 3 aromatic rings. The predicted molar refractivity (Wildman–Crippen MR) is 94.9 cm³/mol. The number of carbonyl (C=O) groups excluding carboxylic acids is 1. The number of carboxylic acid groups (broad SMARTS) is 1. The molecule has 0 aliphatic carbocycles. The van der Waals surface area contributed by atoms with E-state index in [2.05, 4.69) is 12.1 Å². The van der Waals surface area contributed by atoms with E-state index in [9.17, 15) is 9.59 Å². The van der Waals surface area contributed by atoms with E-state index in [1.165, 1.54) is 22.7 Å². The molecular weight excluding hydrogens is 328 g/mol. The molecule has 0 amide bonds.